The van der Waals surface area contributed by atoms with Crippen LogP contribution in [-0.2, 0) is 6.54 Å². The Kier molecular flexibility index (Phi) is 3.24. The quantitative estimate of drug-likeness (QED) is 0.868. The average molecular weight is 282 g/mol. The summed E-state index contributed by atoms with van der Waals surface area (Å²) in [5, 5.41) is 4.19. The van der Waals surface area contributed by atoms with E-state index in [1.165, 1.54) is 0 Å². The minimum Gasteiger partial charge on any atom is -0.497 e. The highest BCUT2D eigenvalue weighted by molar-refractivity contribution is 9.10. The van der Waals surface area contributed by atoms with Crippen LogP contribution >= 0.6 is 15.9 Å². The van der Waals surface area contributed by atoms with Gasteiger partial charge in [0.05, 0.1) is 30.0 Å². The van der Waals surface area contributed by atoms with Gasteiger partial charge in [0.2, 0.25) is 0 Å². The number of pyridine rings is 1. The number of hydrogen-bond acceptors (Lipinski definition) is 3. The van der Waals surface area contributed by atoms with Crippen LogP contribution in [0.5, 0.6) is 5.75 Å². The van der Waals surface area contributed by atoms with E-state index in [-0.39, 0.29) is 0 Å². The van der Waals surface area contributed by atoms with Gasteiger partial charge < -0.3 is 4.74 Å². The maximum Gasteiger partial charge on any atom is 0.122 e. The minimum absolute atomic E-state index is 0.642. The molecule has 0 aliphatic heterocycles. The van der Waals surface area contributed by atoms with Crippen molar-refractivity contribution in [3.63, 3.8) is 0 Å². The highest BCUT2D eigenvalue weighted by atomic mass is 79.9. The molecule has 16 heavy (non-hydrogen) atoms. The molecule has 0 aromatic carbocycles. The Morgan fingerprint density at radius 3 is 2.88 bits per heavy atom. The molecule has 0 atom stereocenters. The first-order valence-corrected chi connectivity index (χ1v) is 5.66. The number of aromatic nitrogens is 3. The van der Waals surface area contributed by atoms with Crippen LogP contribution in [0.25, 0.3) is 0 Å². The van der Waals surface area contributed by atoms with Crippen LogP contribution in [0.15, 0.2) is 29.0 Å². The molecule has 0 amide bonds. The largest absolute Gasteiger partial charge is 0.497 e. The molecule has 0 saturated carbocycles. The number of ether oxygens (including phenoxy) is 1. The van der Waals surface area contributed by atoms with Crippen molar-refractivity contribution >= 4 is 15.9 Å². The first kappa shape index (κ1) is 11.1. The van der Waals surface area contributed by atoms with Gasteiger partial charge in [0, 0.05) is 24.0 Å². The predicted molar refractivity (Wildman–Crippen MR) is 64.6 cm³/mol. The molecular weight excluding hydrogens is 270 g/mol. The number of hydrogen-bond donors (Lipinski definition) is 0. The molecule has 4 nitrogen and oxygen atoms in total. The molecule has 0 unspecified atom stereocenters. The maximum atomic E-state index is 5.20. The molecule has 0 N–H and O–H groups in total. The molecule has 0 aliphatic rings. The lowest BCUT2D eigenvalue weighted by Crippen LogP contribution is -2.03. The van der Waals surface area contributed by atoms with Gasteiger partial charge in [0.1, 0.15) is 5.75 Å². The van der Waals surface area contributed by atoms with Crippen LogP contribution in [0.2, 0.25) is 0 Å². The second-order valence-corrected chi connectivity index (χ2v) is 4.41. The third-order valence-corrected chi connectivity index (χ3v) is 2.55. The van der Waals surface area contributed by atoms with Crippen LogP contribution in [0.1, 0.15) is 11.4 Å². The highest BCUT2D eigenvalue weighted by Crippen LogP contribution is 2.14. The van der Waals surface area contributed by atoms with Crippen LogP contribution in [0.3, 0.4) is 0 Å². The maximum absolute atomic E-state index is 5.20. The van der Waals surface area contributed by atoms with Crippen LogP contribution in [0, 0.1) is 6.92 Å². The van der Waals surface area contributed by atoms with Crippen molar-refractivity contribution in [2.45, 2.75) is 13.5 Å². The van der Waals surface area contributed by atoms with E-state index < -0.39 is 0 Å². The normalized spacial score (nSPS) is 10.4. The smallest absolute Gasteiger partial charge is 0.122 e. The fraction of sp³-hybridized carbons (Fsp3) is 0.273. The summed E-state index contributed by atoms with van der Waals surface area (Å²) in [6.07, 6.45) is 3.67. The zero-order valence-corrected chi connectivity index (χ0v) is 10.7. The van der Waals surface area contributed by atoms with Crippen molar-refractivity contribution < 1.29 is 4.74 Å². The Labute approximate surface area is 102 Å². The van der Waals surface area contributed by atoms with Crippen molar-refractivity contribution in [3.05, 3.63) is 40.4 Å². The molecule has 2 aromatic rings. The molecule has 0 radical (unpaired) electrons. The van der Waals surface area contributed by atoms with Crippen molar-refractivity contribution in [3.8, 4) is 5.75 Å². The summed E-state index contributed by atoms with van der Waals surface area (Å²) in [6.45, 7) is 2.59. The predicted octanol–water partition coefficient (Wildman–Crippen LogP) is 2.41. The SMILES string of the molecule is COc1cc(C)nc(Cn2cc(Br)cn2)c1. The summed E-state index contributed by atoms with van der Waals surface area (Å²) in [4.78, 5) is 4.43. The summed E-state index contributed by atoms with van der Waals surface area (Å²) in [5.41, 5.74) is 1.88. The van der Waals surface area contributed by atoms with Gasteiger partial charge in [-0.05, 0) is 22.9 Å². The second kappa shape index (κ2) is 4.65. The molecule has 0 spiro atoms. The first-order valence-electron chi connectivity index (χ1n) is 4.87. The topological polar surface area (TPSA) is 39.9 Å². The van der Waals surface area contributed by atoms with Gasteiger partial charge in [-0.25, -0.2) is 0 Å². The van der Waals surface area contributed by atoms with E-state index in [2.05, 4.69) is 26.0 Å². The summed E-state index contributed by atoms with van der Waals surface area (Å²) >= 11 is 3.36. The van der Waals surface area contributed by atoms with Crippen LogP contribution < -0.4 is 4.74 Å². The fourth-order valence-corrected chi connectivity index (χ4v) is 1.82. The van der Waals surface area contributed by atoms with Crippen molar-refractivity contribution in [2.75, 3.05) is 7.11 Å². The number of methoxy groups -OCH3 is 1. The standard InChI is InChI=1S/C11H12BrN3O/c1-8-3-11(16-2)4-10(14-8)7-15-6-9(12)5-13-15/h3-6H,7H2,1-2H3. The van der Waals surface area contributed by atoms with Crippen molar-refractivity contribution in [2.24, 2.45) is 0 Å². The minimum atomic E-state index is 0.642. The van der Waals surface area contributed by atoms with Gasteiger partial charge in [-0.15, -0.1) is 0 Å². The van der Waals surface area contributed by atoms with E-state index in [1.54, 1.807) is 13.3 Å². The van der Waals surface area contributed by atoms with Crippen LogP contribution in [0.4, 0.5) is 0 Å². The number of aryl methyl sites for hydroxylation is 1. The van der Waals surface area contributed by atoms with E-state index in [1.807, 2.05) is 29.9 Å². The molecule has 2 rings (SSSR count). The lowest BCUT2D eigenvalue weighted by atomic mass is 10.3. The lowest BCUT2D eigenvalue weighted by molar-refractivity contribution is 0.412. The number of rotatable bonds is 3. The van der Waals surface area contributed by atoms with E-state index in [0.717, 1.165) is 21.6 Å². The van der Waals surface area contributed by atoms with Crippen molar-refractivity contribution in [1.82, 2.24) is 14.8 Å². The third-order valence-electron chi connectivity index (χ3n) is 2.14. The Bertz CT molecular complexity index is 496. The van der Waals surface area contributed by atoms with Gasteiger partial charge in [-0.1, -0.05) is 0 Å². The Balaban J connectivity index is 2.24. The lowest BCUT2D eigenvalue weighted by Gasteiger charge is -2.05. The monoisotopic (exact) mass is 281 g/mol. The molecule has 0 saturated heterocycles. The molecule has 84 valence electrons. The van der Waals surface area contributed by atoms with Crippen molar-refractivity contribution in [1.29, 1.82) is 0 Å². The first-order chi connectivity index (χ1) is 7.67. The van der Waals surface area contributed by atoms with E-state index in [0.29, 0.717) is 6.54 Å². The highest BCUT2D eigenvalue weighted by Gasteiger charge is 2.02. The molecule has 0 bridgehead atoms. The van der Waals surface area contributed by atoms with Gasteiger partial charge in [0.25, 0.3) is 0 Å². The zero-order valence-electron chi connectivity index (χ0n) is 9.14. The Hall–Kier alpha value is -1.36. The zero-order chi connectivity index (χ0) is 11.5. The van der Waals surface area contributed by atoms with Gasteiger partial charge in [-0.3, -0.25) is 9.67 Å². The molecule has 5 heteroatoms. The van der Waals surface area contributed by atoms with E-state index >= 15 is 0 Å². The molecular formula is C11H12BrN3O. The summed E-state index contributed by atoms with van der Waals surface area (Å²) in [6, 6.07) is 3.82. The second-order valence-electron chi connectivity index (χ2n) is 3.50. The van der Waals surface area contributed by atoms with Gasteiger partial charge >= 0.3 is 0 Å². The third kappa shape index (κ3) is 2.61. The summed E-state index contributed by atoms with van der Waals surface area (Å²) in [7, 11) is 1.66. The molecule has 2 aromatic heterocycles. The summed E-state index contributed by atoms with van der Waals surface area (Å²) < 4.78 is 7.99. The molecule has 0 aliphatic carbocycles. The number of halogens is 1. The summed E-state index contributed by atoms with van der Waals surface area (Å²) in [5.74, 6) is 0.828. The van der Waals surface area contributed by atoms with E-state index in [4.69, 9.17) is 4.74 Å². The number of nitrogens with zero attached hydrogens (tertiary/aromatic N) is 3. The van der Waals surface area contributed by atoms with Gasteiger partial charge in [-0.2, -0.15) is 5.10 Å². The Morgan fingerprint density at radius 1 is 1.44 bits per heavy atom. The molecule has 2 heterocycles. The average Bonchev–Trinajstić information content (AvgIpc) is 2.63. The fourth-order valence-electron chi connectivity index (χ4n) is 1.49. The van der Waals surface area contributed by atoms with Gasteiger partial charge in [0.15, 0.2) is 0 Å². The van der Waals surface area contributed by atoms with E-state index in [9.17, 15) is 0 Å². The molecule has 0 fully saturated rings. The Morgan fingerprint density at radius 2 is 2.25 bits per heavy atom. The van der Waals surface area contributed by atoms with Crippen LogP contribution in [-0.4, -0.2) is 21.9 Å².